The van der Waals surface area contributed by atoms with Crippen molar-refractivity contribution in [3.8, 4) is 0 Å². The molecular formula is C18H27N. The SMILES string of the molecule is CCN1CCC[C@@H](C2CCCc3ccccc32)CC1. The highest BCUT2D eigenvalue weighted by atomic mass is 15.1. The van der Waals surface area contributed by atoms with Crippen molar-refractivity contribution in [2.75, 3.05) is 19.6 Å². The minimum atomic E-state index is 0.849. The highest BCUT2D eigenvalue weighted by Gasteiger charge is 2.28. The first-order valence-corrected chi connectivity index (χ1v) is 8.18. The molecule has 1 heterocycles. The summed E-state index contributed by atoms with van der Waals surface area (Å²) in [7, 11) is 0. The third kappa shape index (κ3) is 2.86. The van der Waals surface area contributed by atoms with Crippen LogP contribution in [0.4, 0.5) is 0 Å². The minimum absolute atomic E-state index is 0.849. The zero-order chi connectivity index (χ0) is 13.1. The standard InChI is InChI=1S/C18H27N/c1-2-19-13-6-9-16(12-14-19)18-11-5-8-15-7-3-4-10-17(15)18/h3-4,7,10,16,18H,2,5-6,8-9,11-14H2,1H3/t16-,18?/m1/s1. The van der Waals surface area contributed by atoms with Crippen LogP contribution in [-0.2, 0) is 6.42 Å². The number of nitrogens with zero attached hydrogens (tertiary/aromatic N) is 1. The van der Waals surface area contributed by atoms with Gasteiger partial charge in [0.25, 0.3) is 0 Å². The highest BCUT2D eigenvalue weighted by molar-refractivity contribution is 5.33. The van der Waals surface area contributed by atoms with Gasteiger partial charge in [-0.3, -0.25) is 0 Å². The Balaban J connectivity index is 1.76. The molecule has 1 fully saturated rings. The maximum Gasteiger partial charge on any atom is -0.00160 e. The molecule has 0 spiro atoms. The molecule has 1 aromatic carbocycles. The van der Waals surface area contributed by atoms with E-state index in [0.29, 0.717) is 0 Å². The fraction of sp³-hybridized carbons (Fsp3) is 0.667. The average molecular weight is 257 g/mol. The zero-order valence-corrected chi connectivity index (χ0v) is 12.3. The molecule has 1 saturated heterocycles. The van der Waals surface area contributed by atoms with Gasteiger partial charge in [-0.2, -0.15) is 0 Å². The molecule has 3 rings (SSSR count). The normalized spacial score (nSPS) is 28.7. The van der Waals surface area contributed by atoms with E-state index in [-0.39, 0.29) is 0 Å². The van der Waals surface area contributed by atoms with Gasteiger partial charge < -0.3 is 4.90 Å². The number of aryl methyl sites for hydroxylation is 1. The third-order valence-electron chi connectivity index (χ3n) is 5.30. The van der Waals surface area contributed by atoms with Crippen LogP contribution in [0.1, 0.15) is 56.1 Å². The maximum absolute atomic E-state index is 2.63. The Hall–Kier alpha value is -0.820. The number of benzene rings is 1. The Morgan fingerprint density at radius 2 is 1.95 bits per heavy atom. The lowest BCUT2D eigenvalue weighted by atomic mass is 9.73. The van der Waals surface area contributed by atoms with Gasteiger partial charge in [0.05, 0.1) is 0 Å². The summed E-state index contributed by atoms with van der Waals surface area (Å²) in [6.07, 6.45) is 8.38. The number of likely N-dealkylation sites (tertiary alicyclic amines) is 1. The number of hydrogen-bond donors (Lipinski definition) is 0. The Bertz CT molecular complexity index is 412. The summed E-state index contributed by atoms with van der Waals surface area (Å²) in [6.45, 7) is 6.17. The first kappa shape index (κ1) is 13.2. The first-order chi connectivity index (χ1) is 9.38. The van der Waals surface area contributed by atoms with E-state index in [1.54, 1.807) is 11.1 Å². The Morgan fingerprint density at radius 3 is 2.84 bits per heavy atom. The molecule has 1 heteroatoms. The van der Waals surface area contributed by atoms with Crippen molar-refractivity contribution in [2.24, 2.45) is 5.92 Å². The van der Waals surface area contributed by atoms with Gasteiger partial charge in [0.1, 0.15) is 0 Å². The van der Waals surface area contributed by atoms with Crippen molar-refractivity contribution in [1.82, 2.24) is 4.90 Å². The van der Waals surface area contributed by atoms with E-state index in [1.807, 2.05) is 0 Å². The second-order valence-corrected chi connectivity index (χ2v) is 6.32. The highest BCUT2D eigenvalue weighted by Crippen LogP contribution is 2.40. The summed E-state index contributed by atoms with van der Waals surface area (Å²) >= 11 is 0. The van der Waals surface area contributed by atoms with Crippen molar-refractivity contribution in [1.29, 1.82) is 0 Å². The first-order valence-electron chi connectivity index (χ1n) is 8.18. The Kier molecular flexibility index (Phi) is 4.22. The van der Waals surface area contributed by atoms with E-state index in [4.69, 9.17) is 0 Å². The fourth-order valence-electron chi connectivity index (χ4n) is 4.18. The topological polar surface area (TPSA) is 3.24 Å². The van der Waals surface area contributed by atoms with Crippen molar-refractivity contribution in [3.63, 3.8) is 0 Å². The lowest BCUT2D eigenvalue weighted by molar-refractivity contribution is 0.285. The van der Waals surface area contributed by atoms with E-state index in [1.165, 1.54) is 58.2 Å². The van der Waals surface area contributed by atoms with Gasteiger partial charge in [0.15, 0.2) is 0 Å². The second-order valence-electron chi connectivity index (χ2n) is 6.32. The number of hydrogen-bond acceptors (Lipinski definition) is 1. The van der Waals surface area contributed by atoms with E-state index in [0.717, 1.165) is 11.8 Å². The largest absolute Gasteiger partial charge is 0.304 e. The molecule has 19 heavy (non-hydrogen) atoms. The minimum Gasteiger partial charge on any atom is -0.304 e. The molecule has 1 aliphatic carbocycles. The van der Waals surface area contributed by atoms with Crippen LogP contribution in [0.3, 0.4) is 0 Å². The van der Waals surface area contributed by atoms with Gasteiger partial charge in [0.2, 0.25) is 0 Å². The lowest BCUT2D eigenvalue weighted by Crippen LogP contribution is -2.25. The molecule has 0 bridgehead atoms. The van der Waals surface area contributed by atoms with E-state index >= 15 is 0 Å². The molecule has 2 aliphatic rings. The summed E-state index contributed by atoms with van der Waals surface area (Å²) < 4.78 is 0. The molecule has 2 atom stereocenters. The van der Waals surface area contributed by atoms with Crippen molar-refractivity contribution in [3.05, 3.63) is 35.4 Å². The van der Waals surface area contributed by atoms with E-state index < -0.39 is 0 Å². The molecule has 0 saturated carbocycles. The van der Waals surface area contributed by atoms with Crippen LogP contribution in [0, 0.1) is 5.92 Å². The Labute approximate surface area is 118 Å². The molecule has 104 valence electrons. The smallest absolute Gasteiger partial charge is 0.00160 e. The number of rotatable bonds is 2. The molecule has 1 aliphatic heterocycles. The second kappa shape index (κ2) is 6.09. The van der Waals surface area contributed by atoms with Crippen LogP contribution in [0.2, 0.25) is 0 Å². The van der Waals surface area contributed by atoms with E-state index in [2.05, 4.69) is 36.1 Å². The van der Waals surface area contributed by atoms with Crippen LogP contribution >= 0.6 is 0 Å². The lowest BCUT2D eigenvalue weighted by Gasteiger charge is -2.32. The van der Waals surface area contributed by atoms with Gasteiger partial charge in [-0.05, 0) is 81.1 Å². The molecule has 0 N–H and O–H groups in total. The predicted octanol–water partition coefficient (Wildman–Crippen LogP) is 4.23. The molecule has 1 aromatic rings. The summed E-state index contributed by atoms with van der Waals surface area (Å²) in [5, 5.41) is 0. The van der Waals surface area contributed by atoms with Gasteiger partial charge in [-0.15, -0.1) is 0 Å². The molecule has 1 nitrogen and oxygen atoms in total. The van der Waals surface area contributed by atoms with E-state index in [9.17, 15) is 0 Å². The monoisotopic (exact) mass is 257 g/mol. The zero-order valence-electron chi connectivity index (χ0n) is 12.3. The van der Waals surface area contributed by atoms with Crippen LogP contribution in [0.5, 0.6) is 0 Å². The fourth-order valence-corrected chi connectivity index (χ4v) is 4.18. The van der Waals surface area contributed by atoms with Gasteiger partial charge in [0, 0.05) is 0 Å². The molecule has 0 aromatic heterocycles. The van der Waals surface area contributed by atoms with Gasteiger partial charge in [-0.1, -0.05) is 31.2 Å². The quantitative estimate of drug-likeness (QED) is 0.766. The van der Waals surface area contributed by atoms with Crippen molar-refractivity contribution in [2.45, 2.75) is 51.4 Å². The molecule has 0 radical (unpaired) electrons. The Morgan fingerprint density at radius 1 is 1.05 bits per heavy atom. The van der Waals surface area contributed by atoms with Crippen molar-refractivity contribution < 1.29 is 0 Å². The number of fused-ring (bicyclic) bond motifs is 1. The van der Waals surface area contributed by atoms with Crippen molar-refractivity contribution >= 4 is 0 Å². The van der Waals surface area contributed by atoms with Gasteiger partial charge in [-0.25, -0.2) is 0 Å². The van der Waals surface area contributed by atoms with Gasteiger partial charge >= 0.3 is 0 Å². The summed E-state index contributed by atoms with van der Waals surface area (Å²) in [4.78, 5) is 2.63. The molecular weight excluding hydrogens is 230 g/mol. The molecule has 0 amide bonds. The van der Waals surface area contributed by atoms with Crippen LogP contribution < -0.4 is 0 Å². The molecule has 1 unspecified atom stereocenters. The summed E-state index contributed by atoms with van der Waals surface area (Å²) in [5.74, 6) is 1.78. The summed E-state index contributed by atoms with van der Waals surface area (Å²) in [5.41, 5.74) is 3.32. The average Bonchev–Trinajstić information content (AvgIpc) is 2.72. The predicted molar refractivity (Wildman–Crippen MR) is 81.6 cm³/mol. The van der Waals surface area contributed by atoms with Crippen LogP contribution in [-0.4, -0.2) is 24.5 Å². The maximum atomic E-state index is 2.63. The third-order valence-corrected chi connectivity index (χ3v) is 5.30. The van der Waals surface area contributed by atoms with Crippen LogP contribution in [0.25, 0.3) is 0 Å². The summed E-state index contributed by atoms with van der Waals surface area (Å²) in [6, 6.07) is 9.22. The van der Waals surface area contributed by atoms with Crippen LogP contribution in [0.15, 0.2) is 24.3 Å².